The lowest BCUT2D eigenvalue weighted by Gasteiger charge is -2.07. The number of rotatable bonds is 2. The number of aliphatic hydroxyl groups excluding tert-OH is 1. The van der Waals surface area contributed by atoms with Gasteiger partial charge in [-0.1, -0.05) is 0 Å². The summed E-state index contributed by atoms with van der Waals surface area (Å²) in [6, 6.07) is 3.28. The minimum absolute atomic E-state index is 0.148. The average Bonchev–Trinajstić information content (AvgIpc) is 2.03. The van der Waals surface area contributed by atoms with Crippen LogP contribution in [0.3, 0.4) is 0 Å². The molecule has 0 saturated carbocycles. The van der Waals surface area contributed by atoms with Gasteiger partial charge in [0.05, 0.1) is 0 Å². The Morgan fingerprint density at radius 3 is 2.38 bits per heavy atom. The lowest BCUT2D eigenvalue weighted by molar-refractivity contribution is -0.147. The van der Waals surface area contributed by atoms with Crippen molar-refractivity contribution in [2.75, 3.05) is 0 Å². The number of aliphatic hydroxyl groups is 1. The average molecular weight is 184 g/mol. The number of carboxylic acids is 1. The zero-order valence-corrected chi connectivity index (χ0v) is 6.51. The third-order valence-corrected chi connectivity index (χ3v) is 1.54. The van der Waals surface area contributed by atoms with E-state index in [9.17, 15) is 4.79 Å². The van der Waals surface area contributed by atoms with Crippen LogP contribution in [-0.2, 0) is 4.79 Å². The number of aliphatic carboxylic acids is 1. The van der Waals surface area contributed by atoms with Gasteiger partial charge in [0.25, 0.3) is 0 Å². The maximum atomic E-state index is 10.3. The highest BCUT2D eigenvalue weighted by atomic mass is 16.4. The van der Waals surface area contributed by atoms with Gasteiger partial charge in [-0.05, 0) is 12.1 Å². The first-order valence-electron chi connectivity index (χ1n) is 3.45. The van der Waals surface area contributed by atoms with Crippen LogP contribution in [-0.4, -0.2) is 26.4 Å². The van der Waals surface area contributed by atoms with Crippen LogP contribution in [0.2, 0.25) is 0 Å². The minimum atomic E-state index is -1.78. The summed E-state index contributed by atoms with van der Waals surface area (Å²) in [4.78, 5) is 10.3. The van der Waals surface area contributed by atoms with E-state index in [2.05, 4.69) is 0 Å². The monoisotopic (exact) mass is 184 g/mol. The van der Waals surface area contributed by atoms with E-state index in [0.717, 1.165) is 12.1 Å². The van der Waals surface area contributed by atoms with Gasteiger partial charge in [-0.25, -0.2) is 4.79 Å². The molecule has 0 aliphatic carbocycles. The van der Waals surface area contributed by atoms with E-state index in [0.29, 0.717) is 0 Å². The molecule has 0 aliphatic rings. The third-order valence-electron chi connectivity index (χ3n) is 1.54. The van der Waals surface area contributed by atoms with E-state index in [1.807, 2.05) is 0 Å². The summed E-state index contributed by atoms with van der Waals surface area (Å²) >= 11 is 0. The van der Waals surface area contributed by atoms with E-state index in [1.54, 1.807) is 0 Å². The SMILES string of the molecule is O=C(O)C(O)c1ccc(O)cc1O. The van der Waals surface area contributed by atoms with Crippen molar-refractivity contribution < 1.29 is 25.2 Å². The lowest BCUT2D eigenvalue weighted by atomic mass is 10.1. The van der Waals surface area contributed by atoms with E-state index in [-0.39, 0.29) is 11.3 Å². The molecule has 1 rings (SSSR count). The molecule has 0 saturated heterocycles. The van der Waals surface area contributed by atoms with Crippen LogP contribution in [0, 0.1) is 0 Å². The van der Waals surface area contributed by atoms with Crippen molar-refractivity contribution in [1.82, 2.24) is 0 Å². The van der Waals surface area contributed by atoms with Crippen LogP contribution in [0.1, 0.15) is 11.7 Å². The molecule has 1 atom stereocenters. The number of aromatic hydroxyl groups is 2. The van der Waals surface area contributed by atoms with Gasteiger partial charge in [-0.15, -0.1) is 0 Å². The first-order valence-corrected chi connectivity index (χ1v) is 3.45. The molecule has 1 aromatic carbocycles. The molecule has 5 nitrogen and oxygen atoms in total. The van der Waals surface area contributed by atoms with Crippen molar-refractivity contribution in [2.45, 2.75) is 6.10 Å². The molecule has 4 N–H and O–H groups in total. The number of phenolic OH excluding ortho intramolecular Hbond substituents is 2. The topological polar surface area (TPSA) is 98.0 Å². The third kappa shape index (κ3) is 1.88. The fraction of sp³-hybridized carbons (Fsp3) is 0.125. The molecule has 13 heavy (non-hydrogen) atoms. The summed E-state index contributed by atoms with van der Waals surface area (Å²) in [5.74, 6) is -2.10. The summed E-state index contributed by atoms with van der Waals surface area (Å²) < 4.78 is 0. The van der Waals surface area contributed by atoms with Gasteiger partial charge in [-0.2, -0.15) is 0 Å². The van der Waals surface area contributed by atoms with E-state index in [1.165, 1.54) is 6.07 Å². The fourth-order valence-electron chi connectivity index (χ4n) is 0.896. The van der Waals surface area contributed by atoms with Crippen molar-refractivity contribution in [3.63, 3.8) is 0 Å². The van der Waals surface area contributed by atoms with Crippen molar-refractivity contribution in [2.24, 2.45) is 0 Å². The highest BCUT2D eigenvalue weighted by Crippen LogP contribution is 2.27. The standard InChI is InChI=1S/C8H8O5/c9-4-1-2-5(6(10)3-4)7(11)8(12)13/h1-3,7,9-11H,(H,12,13). The summed E-state index contributed by atoms with van der Waals surface area (Å²) in [5.41, 5.74) is -0.148. The summed E-state index contributed by atoms with van der Waals surface area (Å²) in [6.45, 7) is 0. The van der Waals surface area contributed by atoms with Gasteiger partial charge in [0.2, 0.25) is 0 Å². The van der Waals surface area contributed by atoms with E-state index in [4.69, 9.17) is 20.4 Å². The van der Waals surface area contributed by atoms with E-state index >= 15 is 0 Å². The molecule has 0 spiro atoms. The van der Waals surface area contributed by atoms with Crippen LogP contribution in [0.5, 0.6) is 11.5 Å². The highest BCUT2D eigenvalue weighted by molar-refractivity contribution is 5.75. The summed E-state index contributed by atoms with van der Waals surface area (Å²) in [6.07, 6.45) is -1.78. The zero-order valence-electron chi connectivity index (χ0n) is 6.51. The van der Waals surface area contributed by atoms with Gasteiger partial charge in [0, 0.05) is 11.6 Å². The number of carbonyl (C=O) groups is 1. The van der Waals surface area contributed by atoms with Crippen molar-refractivity contribution in [3.05, 3.63) is 23.8 Å². The fourth-order valence-corrected chi connectivity index (χ4v) is 0.896. The molecule has 0 fully saturated rings. The molecule has 0 radical (unpaired) electrons. The van der Waals surface area contributed by atoms with E-state index < -0.39 is 17.8 Å². The number of phenols is 2. The second-order valence-corrected chi connectivity index (χ2v) is 2.48. The molecular formula is C8H8O5. The number of benzene rings is 1. The maximum Gasteiger partial charge on any atom is 0.337 e. The molecule has 0 heterocycles. The Hall–Kier alpha value is -1.75. The Bertz CT molecular complexity index is 333. The van der Waals surface area contributed by atoms with Gasteiger partial charge < -0.3 is 20.4 Å². The van der Waals surface area contributed by atoms with Crippen molar-refractivity contribution in [1.29, 1.82) is 0 Å². The Morgan fingerprint density at radius 2 is 1.92 bits per heavy atom. The van der Waals surface area contributed by atoms with Gasteiger partial charge in [0.15, 0.2) is 6.10 Å². The van der Waals surface area contributed by atoms with Gasteiger partial charge >= 0.3 is 5.97 Å². The highest BCUT2D eigenvalue weighted by Gasteiger charge is 2.19. The first kappa shape index (κ1) is 9.34. The number of hydrogen-bond acceptors (Lipinski definition) is 4. The normalized spacial score (nSPS) is 12.4. The molecular weight excluding hydrogens is 176 g/mol. The zero-order chi connectivity index (χ0) is 10.0. The minimum Gasteiger partial charge on any atom is -0.508 e. The summed E-state index contributed by atoms with van der Waals surface area (Å²) in [5, 5.41) is 35.4. The smallest absolute Gasteiger partial charge is 0.337 e. The van der Waals surface area contributed by atoms with Crippen molar-refractivity contribution in [3.8, 4) is 11.5 Å². The van der Waals surface area contributed by atoms with Gasteiger partial charge in [-0.3, -0.25) is 0 Å². The molecule has 1 unspecified atom stereocenters. The number of carboxylic acid groups (broad SMARTS) is 1. The second kappa shape index (κ2) is 3.32. The van der Waals surface area contributed by atoms with Crippen LogP contribution in [0.15, 0.2) is 18.2 Å². The summed E-state index contributed by atoms with van der Waals surface area (Å²) in [7, 11) is 0. The molecule has 70 valence electrons. The Balaban J connectivity index is 3.08. The van der Waals surface area contributed by atoms with Crippen LogP contribution < -0.4 is 0 Å². The quantitative estimate of drug-likeness (QED) is 0.527. The van der Waals surface area contributed by atoms with Crippen molar-refractivity contribution >= 4 is 5.97 Å². The Kier molecular flexibility index (Phi) is 2.39. The predicted molar refractivity (Wildman–Crippen MR) is 42.4 cm³/mol. The molecule has 0 aromatic heterocycles. The first-order chi connectivity index (χ1) is 6.02. The van der Waals surface area contributed by atoms with Crippen LogP contribution in [0.25, 0.3) is 0 Å². The Labute approximate surface area is 73.5 Å². The largest absolute Gasteiger partial charge is 0.508 e. The second-order valence-electron chi connectivity index (χ2n) is 2.48. The number of hydrogen-bond donors (Lipinski definition) is 4. The molecule has 0 amide bonds. The lowest BCUT2D eigenvalue weighted by Crippen LogP contribution is -2.10. The van der Waals surface area contributed by atoms with Crippen LogP contribution in [0.4, 0.5) is 0 Å². The van der Waals surface area contributed by atoms with Gasteiger partial charge in [0.1, 0.15) is 11.5 Å². The molecule has 1 aromatic rings. The molecule has 0 aliphatic heterocycles. The Morgan fingerprint density at radius 1 is 1.31 bits per heavy atom. The maximum absolute atomic E-state index is 10.3. The predicted octanol–water partition coefficient (Wildman–Crippen LogP) is 0.216. The molecule has 0 bridgehead atoms. The van der Waals surface area contributed by atoms with Crippen LogP contribution >= 0.6 is 0 Å². The molecule has 5 heteroatoms.